The summed E-state index contributed by atoms with van der Waals surface area (Å²) in [5, 5.41) is 12.3. The molecule has 0 fully saturated rings. The first-order chi connectivity index (χ1) is 15.1. The molecule has 3 aromatic heterocycles. The van der Waals surface area contributed by atoms with Crippen LogP contribution in [-0.4, -0.2) is 41.8 Å². The topological polar surface area (TPSA) is 117 Å². The summed E-state index contributed by atoms with van der Waals surface area (Å²) in [7, 11) is 1.61. The Morgan fingerprint density at radius 3 is 2.74 bits per heavy atom. The van der Waals surface area contributed by atoms with Crippen molar-refractivity contribution in [1.29, 1.82) is 0 Å². The molecular weight excluding hydrogens is 398 g/mol. The molecule has 3 heterocycles. The second kappa shape index (κ2) is 7.41. The zero-order valence-corrected chi connectivity index (χ0v) is 16.7. The first-order valence-electron chi connectivity index (χ1n) is 9.41. The van der Waals surface area contributed by atoms with Gasteiger partial charge < -0.3 is 14.2 Å². The van der Waals surface area contributed by atoms with Crippen molar-refractivity contribution in [2.75, 3.05) is 7.11 Å². The summed E-state index contributed by atoms with van der Waals surface area (Å²) in [6, 6.07) is 14.8. The van der Waals surface area contributed by atoms with Crippen molar-refractivity contribution in [3.05, 3.63) is 77.1 Å². The van der Waals surface area contributed by atoms with Crippen LogP contribution < -0.4 is 10.4 Å². The van der Waals surface area contributed by atoms with Crippen LogP contribution in [-0.2, 0) is 0 Å². The molecular formula is C21H17N7O3. The number of hydrogen-bond acceptors (Lipinski definition) is 7. The van der Waals surface area contributed by atoms with E-state index in [-0.39, 0.29) is 11.6 Å². The van der Waals surface area contributed by atoms with E-state index in [2.05, 4.69) is 25.4 Å². The van der Waals surface area contributed by atoms with Gasteiger partial charge in [-0.2, -0.15) is 4.98 Å². The summed E-state index contributed by atoms with van der Waals surface area (Å²) in [5.41, 5.74) is 3.23. The number of H-pyrrole nitrogens is 1. The summed E-state index contributed by atoms with van der Waals surface area (Å²) in [4.78, 5) is 19.2. The van der Waals surface area contributed by atoms with Gasteiger partial charge in [0.2, 0.25) is 5.82 Å². The van der Waals surface area contributed by atoms with Crippen molar-refractivity contribution >= 4 is 0 Å². The predicted octanol–water partition coefficient (Wildman–Crippen LogP) is 2.78. The fourth-order valence-electron chi connectivity index (χ4n) is 3.25. The molecule has 0 radical (unpaired) electrons. The van der Waals surface area contributed by atoms with Gasteiger partial charge in [-0.25, -0.2) is 9.48 Å². The molecule has 2 aromatic carbocycles. The molecule has 1 N–H and O–H groups in total. The number of benzene rings is 2. The summed E-state index contributed by atoms with van der Waals surface area (Å²) < 4.78 is 13.8. The van der Waals surface area contributed by atoms with Crippen molar-refractivity contribution in [2.45, 2.75) is 6.92 Å². The van der Waals surface area contributed by atoms with E-state index in [0.29, 0.717) is 28.5 Å². The first kappa shape index (κ1) is 18.6. The molecule has 0 saturated carbocycles. The number of rotatable bonds is 5. The molecule has 0 aliphatic rings. The molecule has 10 nitrogen and oxygen atoms in total. The molecule has 5 rings (SSSR count). The summed E-state index contributed by atoms with van der Waals surface area (Å²) in [6.45, 7) is 1.85. The minimum Gasteiger partial charge on any atom is -0.497 e. The standard InChI is InChI=1S/C21H17N7O3/c1-13-11-22-21(29)28(13)16-7-3-5-14(9-16)19-23-20(31-25-19)18-12-27(26-24-18)15-6-4-8-17(10-15)30-2/h3-12H,1-2H3,(H,22,29). The van der Waals surface area contributed by atoms with Crippen LogP contribution in [0.2, 0.25) is 0 Å². The zero-order chi connectivity index (χ0) is 21.4. The van der Waals surface area contributed by atoms with E-state index in [9.17, 15) is 4.79 Å². The van der Waals surface area contributed by atoms with Crippen LogP contribution in [0.3, 0.4) is 0 Å². The summed E-state index contributed by atoms with van der Waals surface area (Å²) in [5.74, 6) is 1.34. The highest BCUT2D eigenvalue weighted by atomic mass is 16.5. The van der Waals surface area contributed by atoms with Gasteiger partial charge in [0.1, 0.15) is 5.75 Å². The van der Waals surface area contributed by atoms with Gasteiger partial charge in [-0.15, -0.1) is 5.10 Å². The number of aromatic amines is 1. The number of methoxy groups -OCH3 is 1. The number of aryl methyl sites for hydroxylation is 1. The second-order valence-corrected chi connectivity index (χ2v) is 6.79. The maximum atomic E-state index is 12.1. The molecule has 154 valence electrons. The zero-order valence-electron chi connectivity index (χ0n) is 16.7. The van der Waals surface area contributed by atoms with E-state index in [0.717, 1.165) is 11.4 Å². The van der Waals surface area contributed by atoms with Crippen LogP contribution in [0.4, 0.5) is 0 Å². The lowest BCUT2D eigenvalue weighted by Crippen LogP contribution is -2.15. The van der Waals surface area contributed by atoms with Crippen molar-refractivity contribution in [3.8, 4) is 40.1 Å². The molecule has 0 atom stereocenters. The Bertz CT molecular complexity index is 1430. The van der Waals surface area contributed by atoms with Gasteiger partial charge in [0, 0.05) is 23.5 Å². The molecule has 5 aromatic rings. The van der Waals surface area contributed by atoms with Crippen LogP contribution in [0, 0.1) is 6.92 Å². The highest BCUT2D eigenvalue weighted by Crippen LogP contribution is 2.24. The minimum atomic E-state index is -0.211. The number of nitrogens with one attached hydrogen (secondary N) is 1. The van der Waals surface area contributed by atoms with Gasteiger partial charge in [0.15, 0.2) is 5.69 Å². The predicted molar refractivity (Wildman–Crippen MR) is 111 cm³/mol. The van der Waals surface area contributed by atoms with Crippen LogP contribution in [0.1, 0.15) is 5.69 Å². The molecule has 0 spiro atoms. The lowest BCUT2D eigenvalue weighted by molar-refractivity contribution is 0.414. The van der Waals surface area contributed by atoms with Crippen molar-refractivity contribution in [2.24, 2.45) is 0 Å². The maximum Gasteiger partial charge on any atom is 0.330 e. The fraction of sp³-hybridized carbons (Fsp3) is 0.0952. The molecule has 0 amide bonds. The van der Waals surface area contributed by atoms with E-state index < -0.39 is 0 Å². The molecule has 0 saturated heterocycles. The van der Waals surface area contributed by atoms with E-state index in [1.54, 1.807) is 28.8 Å². The Morgan fingerprint density at radius 2 is 1.94 bits per heavy atom. The van der Waals surface area contributed by atoms with Gasteiger partial charge in [-0.3, -0.25) is 4.57 Å². The first-order valence-corrected chi connectivity index (χ1v) is 9.41. The van der Waals surface area contributed by atoms with E-state index in [4.69, 9.17) is 9.26 Å². The minimum absolute atomic E-state index is 0.211. The summed E-state index contributed by atoms with van der Waals surface area (Å²) >= 11 is 0. The highest BCUT2D eigenvalue weighted by Gasteiger charge is 2.16. The van der Waals surface area contributed by atoms with Gasteiger partial charge >= 0.3 is 5.69 Å². The SMILES string of the molecule is COc1cccc(-n2cc(-c3nc(-c4cccc(-n5c(C)c[nH]c5=O)c4)no3)nn2)c1. The van der Waals surface area contributed by atoms with Gasteiger partial charge in [-0.05, 0) is 31.2 Å². The average molecular weight is 415 g/mol. The average Bonchev–Trinajstić information content (AvgIpc) is 3.54. The van der Waals surface area contributed by atoms with Crippen LogP contribution in [0.15, 0.2) is 70.2 Å². The van der Waals surface area contributed by atoms with Crippen molar-refractivity contribution in [3.63, 3.8) is 0 Å². The molecule has 0 aliphatic carbocycles. The third kappa shape index (κ3) is 3.39. The lowest BCUT2D eigenvalue weighted by atomic mass is 10.2. The van der Waals surface area contributed by atoms with Gasteiger partial charge in [-0.1, -0.05) is 28.6 Å². The third-order valence-electron chi connectivity index (χ3n) is 4.78. The smallest absolute Gasteiger partial charge is 0.330 e. The summed E-state index contributed by atoms with van der Waals surface area (Å²) in [6.07, 6.45) is 3.36. The van der Waals surface area contributed by atoms with E-state index in [1.165, 1.54) is 0 Å². The van der Waals surface area contributed by atoms with Crippen molar-refractivity contribution in [1.82, 2.24) is 34.7 Å². The Kier molecular flexibility index (Phi) is 4.43. The third-order valence-corrected chi connectivity index (χ3v) is 4.78. The molecule has 10 heteroatoms. The Hall–Kier alpha value is -4.47. The molecule has 0 unspecified atom stereocenters. The lowest BCUT2D eigenvalue weighted by Gasteiger charge is -2.05. The second-order valence-electron chi connectivity index (χ2n) is 6.79. The normalized spacial score (nSPS) is 11.0. The van der Waals surface area contributed by atoms with Crippen LogP contribution in [0.25, 0.3) is 34.3 Å². The Labute approximate surface area is 175 Å². The molecule has 0 aliphatic heterocycles. The Balaban J connectivity index is 1.46. The van der Waals surface area contributed by atoms with E-state index in [1.807, 2.05) is 55.5 Å². The number of imidazole rings is 1. The van der Waals surface area contributed by atoms with E-state index >= 15 is 0 Å². The number of hydrogen-bond donors (Lipinski definition) is 1. The van der Waals surface area contributed by atoms with Gasteiger partial charge in [0.05, 0.1) is 24.7 Å². The van der Waals surface area contributed by atoms with Crippen LogP contribution >= 0.6 is 0 Å². The van der Waals surface area contributed by atoms with Crippen LogP contribution in [0.5, 0.6) is 5.75 Å². The highest BCUT2D eigenvalue weighted by molar-refractivity contribution is 5.61. The monoisotopic (exact) mass is 415 g/mol. The van der Waals surface area contributed by atoms with Gasteiger partial charge in [0.25, 0.3) is 5.89 Å². The quantitative estimate of drug-likeness (QED) is 0.469. The fourth-order valence-corrected chi connectivity index (χ4v) is 3.25. The number of nitrogens with zero attached hydrogens (tertiary/aromatic N) is 6. The largest absolute Gasteiger partial charge is 0.497 e. The molecule has 31 heavy (non-hydrogen) atoms. The Morgan fingerprint density at radius 1 is 1.10 bits per heavy atom. The maximum absolute atomic E-state index is 12.1. The van der Waals surface area contributed by atoms with Crippen molar-refractivity contribution < 1.29 is 9.26 Å². The number of ether oxygens (including phenoxy) is 1. The molecule has 0 bridgehead atoms. The number of aromatic nitrogens is 7.